The van der Waals surface area contributed by atoms with Crippen molar-refractivity contribution >= 4 is 5.82 Å². The first-order valence-corrected chi connectivity index (χ1v) is 4.86. The third-order valence-corrected chi connectivity index (χ3v) is 2.58. The summed E-state index contributed by atoms with van der Waals surface area (Å²) >= 11 is 0. The van der Waals surface area contributed by atoms with Gasteiger partial charge < -0.3 is 14.7 Å². The van der Waals surface area contributed by atoms with Gasteiger partial charge in [-0.15, -0.1) is 0 Å². The summed E-state index contributed by atoms with van der Waals surface area (Å²) in [5.41, 5.74) is -0.359. The number of likely N-dealkylation sites (N-methyl/N-ethyl adjacent to an activating group) is 1. The van der Waals surface area contributed by atoms with Gasteiger partial charge in [-0.2, -0.15) is 0 Å². The van der Waals surface area contributed by atoms with E-state index in [-0.39, 0.29) is 12.1 Å². The second-order valence-corrected chi connectivity index (χ2v) is 4.06. The van der Waals surface area contributed by atoms with Gasteiger partial charge in [-0.05, 0) is 26.0 Å². The Labute approximate surface area is 90.5 Å². The monoisotopic (exact) mass is 210 g/mol. The SMILES string of the molecule is COc1cccnc1N(C)C(C)(C)CO. The molecule has 0 saturated heterocycles. The molecule has 1 N–H and O–H groups in total. The van der Waals surface area contributed by atoms with Crippen LogP contribution in [0.1, 0.15) is 13.8 Å². The highest BCUT2D eigenvalue weighted by Gasteiger charge is 2.25. The molecule has 84 valence electrons. The molecule has 0 saturated carbocycles. The van der Waals surface area contributed by atoms with Gasteiger partial charge >= 0.3 is 0 Å². The molecule has 1 aromatic rings. The van der Waals surface area contributed by atoms with Crippen LogP contribution in [0.4, 0.5) is 5.82 Å². The Morgan fingerprint density at radius 3 is 2.73 bits per heavy atom. The Morgan fingerprint density at radius 1 is 1.53 bits per heavy atom. The highest BCUT2D eigenvalue weighted by Crippen LogP contribution is 2.28. The van der Waals surface area contributed by atoms with Crippen LogP contribution in [0.25, 0.3) is 0 Å². The smallest absolute Gasteiger partial charge is 0.171 e. The molecule has 0 bridgehead atoms. The maximum Gasteiger partial charge on any atom is 0.171 e. The van der Waals surface area contributed by atoms with Crippen LogP contribution in [-0.2, 0) is 0 Å². The number of aliphatic hydroxyl groups is 1. The second kappa shape index (κ2) is 4.49. The zero-order chi connectivity index (χ0) is 11.5. The van der Waals surface area contributed by atoms with Gasteiger partial charge in [-0.3, -0.25) is 0 Å². The van der Waals surface area contributed by atoms with Crippen molar-refractivity contribution in [2.75, 3.05) is 25.7 Å². The maximum atomic E-state index is 9.28. The summed E-state index contributed by atoms with van der Waals surface area (Å²) < 4.78 is 5.22. The van der Waals surface area contributed by atoms with Crippen LogP contribution in [0.2, 0.25) is 0 Å². The molecule has 0 radical (unpaired) electrons. The average Bonchev–Trinajstić information content (AvgIpc) is 2.28. The normalized spacial score (nSPS) is 11.3. The molecule has 4 nitrogen and oxygen atoms in total. The van der Waals surface area contributed by atoms with Crippen molar-refractivity contribution in [2.45, 2.75) is 19.4 Å². The number of methoxy groups -OCH3 is 1. The summed E-state index contributed by atoms with van der Waals surface area (Å²) in [6, 6.07) is 3.68. The number of nitrogens with zero attached hydrogens (tertiary/aromatic N) is 2. The molecule has 1 rings (SSSR count). The van der Waals surface area contributed by atoms with Gasteiger partial charge in [0.1, 0.15) is 0 Å². The van der Waals surface area contributed by atoms with E-state index in [0.29, 0.717) is 5.75 Å². The van der Waals surface area contributed by atoms with Crippen LogP contribution in [-0.4, -0.2) is 36.4 Å². The van der Waals surface area contributed by atoms with Crippen LogP contribution < -0.4 is 9.64 Å². The first-order chi connectivity index (χ1) is 7.03. The van der Waals surface area contributed by atoms with Crippen LogP contribution >= 0.6 is 0 Å². The van der Waals surface area contributed by atoms with Crippen LogP contribution in [0.15, 0.2) is 18.3 Å². The summed E-state index contributed by atoms with van der Waals surface area (Å²) in [6.45, 7) is 3.95. The lowest BCUT2D eigenvalue weighted by molar-refractivity contribution is 0.215. The predicted molar refractivity (Wildman–Crippen MR) is 60.4 cm³/mol. The van der Waals surface area contributed by atoms with Crippen molar-refractivity contribution in [1.82, 2.24) is 4.98 Å². The van der Waals surface area contributed by atoms with Gasteiger partial charge in [0, 0.05) is 13.2 Å². The van der Waals surface area contributed by atoms with Crippen LogP contribution in [0, 0.1) is 0 Å². The molecule has 0 amide bonds. The van der Waals surface area contributed by atoms with Gasteiger partial charge in [0.25, 0.3) is 0 Å². The van der Waals surface area contributed by atoms with Gasteiger partial charge in [-0.1, -0.05) is 0 Å². The van der Waals surface area contributed by atoms with E-state index in [9.17, 15) is 5.11 Å². The Morgan fingerprint density at radius 2 is 2.20 bits per heavy atom. The van der Waals surface area contributed by atoms with Crippen LogP contribution in [0.3, 0.4) is 0 Å². The van der Waals surface area contributed by atoms with Crippen molar-refractivity contribution in [3.63, 3.8) is 0 Å². The zero-order valence-corrected chi connectivity index (χ0v) is 9.69. The molecule has 0 aliphatic carbocycles. The van der Waals surface area contributed by atoms with E-state index in [1.54, 1.807) is 13.3 Å². The molecule has 4 heteroatoms. The Hall–Kier alpha value is -1.29. The molecule has 0 aliphatic rings. The largest absolute Gasteiger partial charge is 0.493 e. The first kappa shape index (κ1) is 11.8. The Bertz CT molecular complexity index is 326. The molecule has 0 aromatic carbocycles. The number of pyridine rings is 1. The number of hydrogen-bond acceptors (Lipinski definition) is 4. The van der Waals surface area contributed by atoms with E-state index in [1.165, 1.54) is 0 Å². The van der Waals surface area contributed by atoms with Crippen molar-refractivity contribution in [3.05, 3.63) is 18.3 Å². The summed E-state index contributed by atoms with van der Waals surface area (Å²) in [7, 11) is 3.50. The lowest BCUT2D eigenvalue weighted by Gasteiger charge is -2.35. The molecular formula is C11H18N2O2. The number of aromatic nitrogens is 1. The standard InChI is InChI=1S/C11H18N2O2/c1-11(2,8-14)13(3)10-9(15-4)6-5-7-12-10/h5-7,14H,8H2,1-4H3. The summed E-state index contributed by atoms with van der Waals surface area (Å²) in [5.74, 6) is 1.44. The average molecular weight is 210 g/mol. The third-order valence-electron chi connectivity index (χ3n) is 2.58. The lowest BCUT2D eigenvalue weighted by Crippen LogP contribution is -2.44. The molecule has 0 aliphatic heterocycles. The summed E-state index contributed by atoms with van der Waals surface area (Å²) in [5, 5.41) is 9.28. The topological polar surface area (TPSA) is 45.6 Å². The quantitative estimate of drug-likeness (QED) is 0.813. The molecule has 0 unspecified atom stereocenters. The number of rotatable bonds is 4. The van der Waals surface area contributed by atoms with E-state index >= 15 is 0 Å². The van der Waals surface area contributed by atoms with E-state index in [0.717, 1.165) is 5.82 Å². The van der Waals surface area contributed by atoms with Gasteiger partial charge in [0.2, 0.25) is 0 Å². The number of ether oxygens (including phenoxy) is 1. The van der Waals surface area contributed by atoms with E-state index in [2.05, 4.69) is 4.98 Å². The zero-order valence-electron chi connectivity index (χ0n) is 9.69. The molecule has 1 aromatic heterocycles. The van der Waals surface area contributed by atoms with Crippen molar-refractivity contribution in [3.8, 4) is 5.75 Å². The fourth-order valence-corrected chi connectivity index (χ4v) is 1.19. The molecule has 0 spiro atoms. The first-order valence-electron chi connectivity index (χ1n) is 4.86. The molecule has 0 atom stereocenters. The predicted octanol–water partition coefficient (Wildman–Crippen LogP) is 1.30. The van der Waals surface area contributed by atoms with Gasteiger partial charge in [0.15, 0.2) is 11.6 Å². The molecule has 15 heavy (non-hydrogen) atoms. The Balaban J connectivity index is 3.05. The number of aliphatic hydroxyl groups excluding tert-OH is 1. The minimum absolute atomic E-state index is 0.0588. The van der Waals surface area contributed by atoms with Crippen LogP contribution in [0.5, 0.6) is 5.75 Å². The minimum atomic E-state index is -0.359. The summed E-state index contributed by atoms with van der Waals surface area (Å²) in [6.07, 6.45) is 1.71. The van der Waals surface area contributed by atoms with Gasteiger partial charge in [-0.25, -0.2) is 4.98 Å². The molecule has 0 fully saturated rings. The second-order valence-electron chi connectivity index (χ2n) is 4.06. The fourth-order valence-electron chi connectivity index (χ4n) is 1.19. The highest BCUT2D eigenvalue weighted by molar-refractivity contribution is 5.53. The van der Waals surface area contributed by atoms with Crippen molar-refractivity contribution in [1.29, 1.82) is 0 Å². The Kier molecular flexibility index (Phi) is 3.52. The molecular weight excluding hydrogens is 192 g/mol. The third kappa shape index (κ3) is 2.39. The van der Waals surface area contributed by atoms with E-state index in [4.69, 9.17) is 4.74 Å². The highest BCUT2D eigenvalue weighted by atomic mass is 16.5. The number of hydrogen-bond donors (Lipinski definition) is 1. The molecule has 1 heterocycles. The maximum absolute atomic E-state index is 9.28. The fraction of sp³-hybridized carbons (Fsp3) is 0.545. The number of anilines is 1. The lowest BCUT2D eigenvalue weighted by atomic mass is 10.1. The van der Waals surface area contributed by atoms with Crippen molar-refractivity contribution in [2.24, 2.45) is 0 Å². The summed E-state index contributed by atoms with van der Waals surface area (Å²) in [4.78, 5) is 6.16. The van der Waals surface area contributed by atoms with Crippen molar-refractivity contribution < 1.29 is 9.84 Å². The van der Waals surface area contributed by atoms with E-state index < -0.39 is 0 Å². The van der Waals surface area contributed by atoms with Gasteiger partial charge in [0.05, 0.1) is 19.3 Å². The van der Waals surface area contributed by atoms with E-state index in [1.807, 2.05) is 37.9 Å². The minimum Gasteiger partial charge on any atom is -0.493 e.